The van der Waals surface area contributed by atoms with E-state index < -0.39 is 0 Å². The summed E-state index contributed by atoms with van der Waals surface area (Å²) in [6.45, 7) is 0. The van der Waals surface area contributed by atoms with E-state index >= 15 is 0 Å². The van der Waals surface area contributed by atoms with Crippen LogP contribution in [0.25, 0.3) is 97.1 Å². The average molecular weight is 641 g/mol. The van der Waals surface area contributed by atoms with Crippen molar-refractivity contribution in [1.82, 2.24) is 9.13 Å². The van der Waals surface area contributed by atoms with Crippen LogP contribution in [0.4, 0.5) is 0 Å². The van der Waals surface area contributed by atoms with Crippen molar-refractivity contribution in [2.24, 2.45) is 0 Å². The Morgan fingerprint density at radius 1 is 0.327 bits per heavy atom. The lowest BCUT2D eigenvalue weighted by molar-refractivity contribution is 1.17. The van der Waals surface area contributed by atoms with Gasteiger partial charge in [0.05, 0.1) is 22.1 Å². The summed E-state index contributed by atoms with van der Waals surface area (Å²) in [5, 5.41) is 10.3. The minimum atomic E-state index is 1.16. The second kappa shape index (κ2) is 10.2. The van der Waals surface area contributed by atoms with Gasteiger partial charge in [-0.2, -0.15) is 0 Å². The van der Waals surface area contributed by atoms with Crippen LogP contribution in [0.2, 0.25) is 0 Å². The predicted molar refractivity (Wildman–Crippen MR) is 211 cm³/mol. The van der Waals surface area contributed by atoms with Gasteiger partial charge in [0.25, 0.3) is 0 Å². The highest BCUT2D eigenvalue weighted by Gasteiger charge is 2.19. The van der Waals surface area contributed by atoms with E-state index in [2.05, 4.69) is 179 Å². The van der Waals surface area contributed by atoms with Gasteiger partial charge in [-0.3, -0.25) is 0 Å². The average Bonchev–Trinajstić information content (AvgIpc) is 3.81. The topological polar surface area (TPSA) is 9.86 Å². The molecule has 3 heteroatoms. The van der Waals surface area contributed by atoms with Crippen molar-refractivity contribution in [2.75, 3.05) is 0 Å². The first-order valence-electron chi connectivity index (χ1n) is 16.8. The maximum atomic E-state index is 2.46. The molecule has 0 aliphatic rings. The second-order valence-electron chi connectivity index (χ2n) is 12.9. The lowest BCUT2D eigenvalue weighted by Gasteiger charge is -2.13. The normalized spacial score (nSPS) is 12.1. The van der Waals surface area contributed by atoms with Crippen LogP contribution in [0.15, 0.2) is 170 Å². The fraction of sp³-hybridized carbons (Fsp3) is 0. The van der Waals surface area contributed by atoms with Gasteiger partial charge in [-0.25, -0.2) is 0 Å². The van der Waals surface area contributed by atoms with Gasteiger partial charge >= 0.3 is 0 Å². The maximum Gasteiger partial charge on any atom is 0.0548 e. The van der Waals surface area contributed by atoms with E-state index in [0.717, 1.165) is 5.69 Å². The van der Waals surface area contributed by atoms with Gasteiger partial charge in [0.2, 0.25) is 0 Å². The van der Waals surface area contributed by atoms with Crippen LogP contribution >= 0.6 is 11.3 Å². The molecule has 0 spiro atoms. The van der Waals surface area contributed by atoms with Gasteiger partial charge in [0, 0.05) is 53.1 Å². The van der Waals surface area contributed by atoms with Crippen LogP contribution in [-0.2, 0) is 0 Å². The number of rotatable bonds is 3. The van der Waals surface area contributed by atoms with Gasteiger partial charge in [0.15, 0.2) is 0 Å². The summed E-state index contributed by atoms with van der Waals surface area (Å²) in [5.41, 5.74) is 9.70. The predicted octanol–water partition coefficient (Wildman–Crippen LogP) is 13.1. The third kappa shape index (κ3) is 3.82. The molecule has 11 aromatic rings. The van der Waals surface area contributed by atoms with Gasteiger partial charge in [-0.05, 0) is 82.6 Å². The fourth-order valence-corrected chi connectivity index (χ4v) is 9.37. The first-order valence-corrected chi connectivity index (χ1v) is 17.6. The molecule has 0 fully saturated rings. The molecule has 0 saturated heterocycles. The number of hydrogen-bond donors (Lipinski definition) is 0. The number of thiophene rings is 1. The highest BCUT2D eigenvalue weighted by atomic mass is 32.1. The standard InChI is InChI=1S/C46H28N2S/c1-2-14-30(15-3-1)47-40-22-9-6-18-33(40)38-27-43-39(26-42(38)47)34-19-7-10-23-41(34)48(43)31-16-12-13-29(25-31)37-28-45-46(35-20-5-4-17-32(35)37)36-21-8-11-24-44(36)49-45/h1-28H. The molecule has 0 N–H and O–H groups in total. The van der Waals surface area contributed by atoms with E-state index in [9.17, 15) is 0 Å². The van der Waals surface area contributed by atoms with Gasteiger partial charge in [0.1, 0.15) is 0 Å². The molecule has 3 aromatic heterocycles. The van der Waals surface area contributed by atoms with Gasteiger partial charge in [-0.1, -0.05) is 109 Å². The molecular weight excluding hydrogens is 613 g/mol. The highest BCUT2D eigenvalue weighted by Crippen LogP contribution is 2.44. The lowest BCUT2D eigenvalue weighted by Crippen LogP contribution is -1.95. The number of benzene rings is 8. The van der Waals surface area contributed by atoms with Crippen molar-refractivity contribution in [3.8, 4) is 22.5 Å². The van der Waals surface area contributed by atoms with Crippen molar-refractivity contribution in [1.29, 1.82) is 0 Å². The number of para-hydroxylation sites is 3. The van der Waals surface area contributed by atoms with E-state index in [0.29, 0.717) is 0 Å². The van der Waals surface area contributed by atoms with E-state index in [1.165, 1.54) is 91.4 Å². The Morgan fingerprint density at radius 3 is 1.59 bits per heavy atom. The van der Waals surface area contributed by atoms with E-state index in [-0.39, 0.29) is 0 Å². The molecule has 0 unspecified atom stereocenters. The van der Waals surface area contributed by atoms with Gasteiger partial charge in [-0.15, -0.1) is 11.3 Å². The Bertz CT molecular complexity index is 3100. The molecule has 0 amide bonds. The zero-order valence-corrected chi connectivity index (χ0v) is 27.3. The monoisotopic (exact) mass is 640 g/mol. The Labute approximate surface area is 286 Å². The first-order chi connectivity index (χ1) is 24.3. The van der Waals surface area contributed by atoms with E-state index in [1.807, 2.05) is 11.3 Å². The van der Waals surface area contributed by atoms with Crippen LogP contribution in [0.3, 0.4) is 0 Å². The summed E-state index contributed by atoms with van der Waals surface area (Å²) in [7, 11) is 0. The molecule has 3 heterocycles. The smallest absolute Gasteiger partial charge is 0.0548 e. The molecule has 11 rings (SSSR count). The van der Waals surface area contributed by atoms with Gasteiger partial charge < -0.3 is 9.13 Å². The molecule has 228 valence electrons. The molecule has 8 aromatic carbocycles. The van der Waals surface area contributed by atoms with Crippen molar-refractivity contribution in [2.45, 2.75) is 0 Å². The number of hydrogen-bond acceptors (Lipinski definition) is 1. The molecule has 0 bridgehead atoms. The molecule has 49 heavy (non-hydrogen) atoms. The van der Waals surface area contributed by atoms with Crippen LogP contribution in [0.1, 0.15) is 0 Å². The molecule has 2 nitrogen and oxygen atoms in total. The van der Waals surface area contributed by atoms with Crippen LogP contribution in [0, 0.1) is 0 Å². The maximum absolute atomic E-state index is 2.46. The second-order valence-corrected chi connectivity index (χ2v) is 14.0. The Hall–Kier alpha value is -6.16. The summed E-state index contributed by atoms with van der Waals surface area (Å²) < 4.78 is 7.53. The molecular formula is C46H28N2S. The largest absolute Gasteiger partial charge is 0.309 e. The summed E-state index contributed by atoms with van der Waals surface area (Å²) >= 11 is 1.89. The molecule has 0 atom stereocenters. The Morgan fingerprint density at radius 2 is 0.878 bits per heavy atom. The molecule has 0 aliphatic carbocycles. The third-order valence-electron chi connectivity index (χ3n) is 10.3. The minimum absolute atomic E-state index is 1.16. The zero-order chi connectivity index (χ0) is 32.1. The van der Waals surface area contributed by atoms with E-state index in [1.54, 1.807) is 0 Å². The number of aromatic nitrogens is 2. The summed E-state index contributed by atoms with van der Waals surface area (Å²) in [6.07, 6.45) is 0. The van der Waals surface area contributed by atoms with Crippen LogP contribution in [-0.4, -0.2) is 9.13 Å². The quantitative estimate of drug-likeness (QED) is 0.182. The molecule has 0 radical (unpaired) electrons. The number of fused-ring (bicyclic) bond motifs is 11. The van der Waals surface area contributed by atoms with Crippen LogP contribution < -0.4 is 0 Å². The van der Waals surface area contributed by atoms with Crippen LogP contribution in [0.5, 0.6) is 0 Å². The highest BCUT2D eigenvalue weighted by molar-refractivity contribution is 7.26. The fourth-order valence-electron chi connectivity index (χ4n) is 8.20. The molecule has 0 aliphatic heterocycles. The third-order valence-corrected chi connectivity index (χ3v) is 11.4. The number of nitrogens with zero attached hydrogens (tertiary/aromatic N) is 2. The molecule has 0 saturated carbocycles. The summed E-state index contributed by atoms with van der Waals surface area (Å²) in [4.78, 5) is 0. The Balaban J connectivity index is 1.19. The van der Waals surface area contributed by atoms with Crippen molar-refractivity contribution in [3.05, 3.63) is 170 Å². The minimum Gasteiger partial charge on any atom is -0.309 e. The lowest BCUT2D eigenvalue weighted by atomic mass is 9.95. The summed E-state index contributed by atoms with van der Waals surface area (Å²) in [5.74, 6) is 0. The van der Waals surface area contributed by atoms with Crippen molar-refractivity contribution < 1.29 is 0 Å². The van der Waals surface area contributed by atoms with Crippen molar-refractivity contribution in [3.63, 3.8) is 0 Å². The summed E-state index contributed by atoms with van der Waals surface area (Å²) in [6, 6.07) is 62.4. The first kappa shape index (κ1) is 26.9. The SMILES string of the molecule is c1ccc(-n2c3ccccc3c3cc4c(cc32)c2ccccc2n4-c2cccc(-c3cc4sc5ccccc5c4c4ccccc34)c2)cc1. The van der Waals surface area contributed by atoms with E-state index in [4.69, 9.17) is 0 Å². The van der Waals surface area contributed by atoms with Crippen molar-refractivity contribution >= 4 is 85.9 Å². The zero-order valence-electron chi connectivity index (χ0n) is 26.5. The Kier molecular flexibility index (Phi) is 5.57.